The summed E-state index contributed by atoms with van der Waals surface area (Å²) >= 11 is 0. The normalized spacial score (nSPS) is 12.7. The summed E-state index contributed by atoms with van der Waals surface area (Å²) in [5.41, 5.74) is 6.09. The van der Waals surface area contributed by atoms with Crippen LogP contribution in [0.2, 0.25) is 0 Å². The van der Waals surface area contributed by atoms with Gasteiger partial charge in [0.05, 0.1) is 18.8 Å². The van der Waals surface area contributed by atoms with Crippen molar-refractivity contribution in [3.63, 3.8) is 0 Å². The maximum atomic E-state index is 5.74. The first-order chi connectivity index (χ1) is 10.0. The van der Waals surface area contributed by atoms with Gasteiger partial charge in [-0.2, -0.15) is 5.10 Å². The molecule has 1 aromatic heterocycles. The molecular formula is C16H24N4O. The Morgan fingerprint density at radius 2 is 2.10 bits per heavy atom. The minimum absolute atomic E-state index is 0.0314. The largest absolute Gasteiger partial charge is 0.496 e. The first kappa shape index (κ1) is 15.5. The highest BCUT2D eigenvalue weighted by atomic mass is 16.5. The number of benzene rings is 1. The van der Waals surface area contributed by atoms with Crippen LogP contribution in [0, 0.1) is 6.92 Å². The number of aryl methyl sites for hydroxylation is 1. The minimum atomic E-state index is -0.0314. The maximum absolute atomic E-state index is 5.74. The van der Waals surface area contributed by atoms with Crippen molar-refractivity contribution in [2.24, 2.45) is 5.84 Å². The number of nitrogens with zero attached hydrogens (tertiary/aromatic N) is 2. The molecule has 0 fully saturated rings. The van der Waals surface area contributed by atoms with E-state index in [1.165, 1.54) is 0 Å². The van der Waals surface area contributed by atoms with Gasteiger partial charge in [0.25, 0.3) is 0 Å². The Morgan fingerprint density at radius 3 is 2.67 bits per heavy atom. The zero-order valence-corrected chi connectivity index (χ0v) is 13.1. The predicted molar refractivity (Wildman–Crippen MR) is 84.1 cm³/mol. The number of methoxy groups -OCH3 is 1. The van der Waals surface area contributed by atoms with Gasteiger partial charge in [0, 0.05) is 24.2 Å². The topological polar surface area (TPSA) is 65.1 Å². The van der Waals surface area contributed by atoms with Crippen molar-refractivity contribution in [2.45, 2.75) is 39.3 Å². The molecule has 0 radical (unpaired) electrons. The van der Waals surface area contributed by atoms with Gasteiger partial charge in [-0.15, -0.1) is 0 Å². The molecule has 1 atom stereocenters. The number of aromatic nitrogens is 2. The minimum Gasteiger partial charge on any atom is -0.496 e. The van der Waals surface area contributed by atoms with Crippen LogP contribution in [0.25, 0.3) is 0 Å². The van der Waals surface area contributed by atoms with E-state index in [4.69, 9.17) is 10.6 Å². The average molecular weight is 288 g/mol. The highest BCUT2D eigenvalue weighted by Crippen LogP contribution is 2.28. The van der Waals surface area contributed by atoms with Crippen molar-refractivity contribution >= 4 is 0 Å². The highest BCUT2D eigenvalue weighted by molar-refractivity contribution is 5.39. The number of ether oxygens (including phenoxy) is 1. The molecule has 0 amide bonds. The summed E-state index contributed by atoms with van der Waals surface area (Å²) in [6.45, 7) is 6.26. The van der Waals surface area contributed by atoms with E-state index in [1.807, 2.05) is 29.9 Å². The van der Waals surface area contributed by atoms with Crippen molar-refractivity contribution in [1.29, 1.82) is 0 Å². The summed E-state index contributed by atoms with van der Waals surface area (Å²) in [4.78, 5) is 0. The molecule has 21 heavy (non-hydrogen) atoms. The monoisotopic (exact) mass is 288 g/mol. The summed E-state index contributed by atoms with van der Waals surface area (Å²) in [5.74, 6) is 6.59. The molecule has 3 N–H and O–H groups in total. The zero-order valence-electron chi connectivity index (χ0n) is 13.1. The second-order valence-electron chi connectivity index (χ2n) is 5.55. The fourth-order valence-electron chi connectivity index (χ4n) is 2.35. The quantitative estimate of drug-likeness (QED) is 0.633. The predicted octanol–water partition coefficient (Wildman–Crippen LogP) is 2.53. The van der Waals surface area contributed by atoms with Crippen molar-refractivity contribution < 1.29 is 4.74 Å². The van der Waals surface area contributed by atoms with E-state index < -0.39 is 0 Å². The lowest BCUT2D eigenvalue weighted by atomic mass is 10.00. The Bertz CT molecular complexity index is 592. The van der Waals surface area contributed by atoms with Crippen LogP contribution in [0.3, 0.4) is 0 Å². The first-order valence-corrected chi connectivity index (χ1v) is 7.19. The van der Waals surface area contributed by atoms with E-state index in [1.54, 1.807) is 7.11 Å². The van der Waals surface area contributed by atoms with Crippen molar-refractivity contribution in [1.82, 2.24) is 15.2 Å². The second-order valence-corrected chi connectivity index (χ2v) is 5.55. The molecule has 114 valence electrons. The molecule has 5 nitrogen and oxygen atoms in total. The van der Waals surface area contributed by atoms with Crippen molar-refractivity contribution in [3.05, 3.63) is 47.3 Å². The smallest absolute Gasteiger partial charge is 0.123 e. The number of nitrogens with one attached hydrogen (secondary N) is 1. The van der Waals surface area contributed by atoms with Crippen LogP contribution in [0.1, 0.15) is 42.8 Å². The summed E-state index contributed by atoms with van der Waals surface area (Å²) in [6.07, 6.45) is 2.72. The van der Waals surface area contributed by atoms with E-state index >= 15 is 0 Å². The van der Waals surface area contributed by atoms with E-state index in [0.717, 1.165) is 29.0 Å². The molecule has 2 rings (SSSR count). The fraction of sp³-hybridized carbons (Fsp3) is 0.438. The van der Waals surface area contributed by atoms with Crippen molar-refractivity contribution in [3.8, 4) is 5.75 Å². The van der Waals surface area contributed by atoms with Crippen LogP contribution in [-0.4, -0.2) is 16.9 Å². The van der Waals surface area contributed by atoms with Crippen LogP contribution < -0.4 is 16.0 Å². The molecule has 0 aliphatic carbocycles. The van der Waals surface area contributed by atoms with Gasteiger partial charge in [0.2, 0.25) is 0 Å². The summed E-state index contributed by atoms with van der Waals surface area (Å²) in [6, 6.07) is 8.50. The van der Waals surface area contributed by atoms with Gasteiger partial charge < -0.3 is 4.74 Å². The molecular weight excluding hydrogens is 264 g/mol. The summed E-state index contributed by atoms with van der Waals surface area (Å²) in [5, 5.41) is 4.58. The molecule has 5 heteroatoms. The van der Waals surface area contributed by atoms with Gasteiger partial charge in [-0.05, 0) is 38.5 Å². The first-order valence-electron chi connectivity index (χ1n) is 7.19. The van der Waals surface area contributed by atoms with Crippen LogP contribution in [0.4, 0.5) is 0 Å². The van der Waals surface area contributed by atoms with Crippen LogP contribution in [0.5, 0.6) is 5.75 Å². The van der Waals surface area contributed by atoms with E-state index in [-0.39, 0.29) is 6.04 Å². The molecule has 0 bridgehead atoms. The average Bonchev–Trinajstić information content (AvgIpc) is 2.93. The lowest BCUT2D eigenvalue weighted by Gasteiger charge is -2.18. The summed E-state index contributed by atoms with van der Waals surface area (Å²) in [7, 11) is 1.68. The Labute approximate surface area is 126 Å². The molecule has 1 unspecified atom stereocenters. The molecule has 1 aromatic carbocycles. The highest BCUT2D eigenvalue weighted by Gasteiger charge is 2.17. The number of rotatable bonds is 6. The van der Waals surface area contributed by atoms with Gasteiger partial charge in [0.15, 0.2) is 0 Å². The third-order valence-corrected chi connectivity index (χ3v) is 3.57. The van der Waals surface area contributed by atoms with Gasteiger partial charge in [-0.1, -0.05) is 12.1 Å². The molecule has 1 heterocycles. The standard InChI is InChI=1S/C16H24N4O/c1-11(2)20-8-7-13(19-20)10-15(18-17)14-6-5-12(3)9-16(14)21-4/h5-9,11,15,18H,10,17H2,1-4H3. The SMILES string of the molecule is COc1cc(C)ccc1C(Cc1ccn(C(C)C)n1)NN. The third-order valence-electron chi connectivity index (χ3n) is 3.57. The van der Waals surface area contributed by atoms with Gasteiger partial charge in [-0.3, -0.25) is 16.0 Å². The van der Waals surface area contributed by atoms with Gasteiger partial charge >= 0.3 is 0 Å². The number of hydrogen-bond donors (Lipinski definition) is 2. The third kappa shape index (κ3) is 3.62. The Hall–Kier alpha value is -1.85. The maximum Gasteiger partial charge on any atom is 0.123 e. The molecule has 0 aliphatic heterocycles. The van der Waals surface area contributed by atoms with Crippen LogP contribution in [-0.2, 0) is 6.42 Å². The molecule has 0 aliphatic rings. The van der Waals surface area contributed by atoms with E-state index in [2.05, 4.69) is 36.5 Å². The molecule has 0 spiro atoms. The molecule has 0 saturated heterocycles. The Kier molecular flexibility index (Phi) is 4.98. The van der Waals surface area contributed by atoms with Crippen LogP contribution >= 0.6 is 0 Å². The van der Waals surface area contributed by atoms with Gasteiger partial charge in [-0.25, -0.2) is 0 Å². The fourth-order valence-corrected chi connectivity index (χ4v) is 2.35. The van der Waals surface area contributed by atoms with Gasteiger partial charge in [0.1, 0.15) is 5.75 Å². The Balaban J connectivity index is 2.23. The van der Waals surface area contributed by atoms with Crippen molar-refractivity contribution in [2.75, 3.05) is 7.11 Å². The van der Waals surface area contributed by atoms with E-state index in [0.29, 0.717) is 6.04 Å². The number of nitrogens with two attached hydrogens (primary N) is 1. The molecule has 0 saturated carbocycles. The lowest BCUT2D eigenvalue weighted by Crippen LogP contribution is -2.30. The van der Waals surface area contributed by atoms with E-state index in [9.17, 15) is 0 Å². The lowest BCUT2D eigenvalue weighted by molar-refractivity contribution is 0.398. The summed E-state index contributed by atoms with van der Waals surface area (Å²) < 4.78 is 7.42. The number of hydrazine groups is 1. The second kappa shape index (κ2) is 6.74. The van der Waals surface area contributed by atoms with Crippen LogP contribution in [0.15, 0.2) is 30.5 Å². The zero-order chi connectivity index (χ0) is 15.4. The molecule has 2 aromatic rings. The Morgan fingerprint density at radius 1 is 1.33 bits per heavy atom. The number of hydrogen-bond acceptors (Lipinski definition) is 4.